The number of aliphatic hydroxyl groups is 1. The molecule has 2 fully saturated rings. The number of hydrogen-bond donors (Lipinski definition) is 4. The van der Waals surface area contributed by atoms with Crippen LogP contribution in [0.3, 0.4) is 0 Å². The van der Waals surface area contributed by atoms with Gasteiger partial charge in [0, 0.05) is 13.0 Å². The fourth-order valence-corrected chi connectivity index (χ4v) is 3.04. The molecule has 6 heteroatoms. The largest absolute Gasteiger partial charge is 0.395 e. The number of carbonyl (C=O) groups is 1. The Morgan fingerprint density at radius 2 is 2.35 bits per heavy atom. The van der Waals surface area contributed by atoms with Crippen LogP contribution in [0.1, 0.15) is 19.8 Å². The van der Waals surface area contributed by atoms with Gasteiger partial charge in [0.1, 0.15) is 0 Å². The highest BCUT2D eigenvalue weighted by atomic mass is 16.5. The average Bonchev–Trinajstić information content (AvgIpc) is 2.85. The molecule has 0 aromatic carbocycles. The molecule has 1 amide bonds. The van der Waals surface area contributed by atoms with Crippen molar-refractivity contribution in [3.8, 4) is 0 Å². The van der Waals surface area contributed by atoms with Crippen LogP contribution in [0.5, 0.6) is 0 Å². The van der Waals surface area contributed by atoms with E-state index >= 15 is 0 Å². The Balaban J connectivity index is 2.08. The number of amides is 1. The Kier molecular flexibility index (Phi) is 3.98. The molecule has 0 spiro atoms. The molecule has 1 unspecified atom stereocenters. The van der Waals surface area contributed by atoms with Gasteiger partial charge < -0.3 is 20.9 Å². The number of hydroxylamine groups is 2. The van der Waals surface area contributed by atoms with Crippen molar-refractivity contribution in [2.75, 3.05) is 19.7 Å². The Hall–Kier alpha value is -0.690. The minimum atomic E-state index is -0.266. The van der Waals surface area contributed by atoms with Gasteiger partial charge in [-0.3, -0.25) is 4.79 Å². The number of carbonyl (C=O) groups excluding carboxylic acids is 1. The number of aliphatic hydroxyl groups excluding tert-OH is 1. The normalized spacial score (nSPS) is 38.5. The van der Waals surface area contributed by atoms with Crippen molar-refractivity contribution in [2.45, 2.75) is 37.9 Å². The van der Waals surface area contributed by atoms with Gasteiger partial charge in [0.15, 0.2) is 0 Å². The van der Waals surface area contributed by atoms with Gasteiger partial charge in [-0.25, -0.2) is 0 Å². The molecule has 2 aliphatic rings. The van der Waals surface area contributed by atoms with Crippen LogP contribution in [0, 0.1) is 5.92 Å². The van der Waals surface area contributed by atoms with Gasteiger partial charge in [0.25, 0.3) is 0 Å². The predicted octanol–water partition coefficient (Wildman–Crippen LogP) is -1.07. The smallest absolute Gasteiger partial charge is 0.217 e. The quantitative estimate of drug-likeness (QED) is 0.507. The summed E-state index contributed by atoms with van der Waals surface area (Å²) in [6.45, 7) is 3.21. The molecular weight excluding hydrogens is 222 g/mol. The monoisotopic (exact) mass is 243 g/mol. The summed E-state index contributed by atoms with van der Waals surface area (Å²) in [6, 6.07) is -0.428. The predicted molar refractivity (Wildman–Crippen MR) is 61.5 cm³/mol. The van der Waals surface area contributed by atoms with E-state index in [1.807, 2.05) is 0 Å². The van der Waals surface area contributed by atoms with Gasteiger partial charge >= 0.3 is 0 Å². The van der Waals surface area contributed by atoms with Gasteiger partial charge in [-0.1, -0.05) is 0 Å². The molecule has 0 radical (unpaired) electrons. The molecular formula is C11H21N3O3. The van der Waals surface area contributed by atoms with Gasteiger partial charge in [0.2, 0.25) is 5.91 Å². The molecule has 4 N–H and O–H groups in total. The van der Waals surface area contributed by atoms with Crippen molar-refractivity contribution in [2.24, 2.45) is 5.92 Å². The summed E-state index contributed by atoms with van der Waals surface area (Å²) in [4.78, 5) is 11.2. The fourth-order valence-electron chi connectivity index (χ4n) is 3.04. The van der Waals surface area contributed by atoms with Crippen molar-refractivity contribution in [1.29, 1.82) is 0 Å². The van der Waals surface area contributed by atoms with Crippen LogP contribution in [-0.2, 0) is 4.79 Å². The first kappa shape index (κ1) is 12.8. The van der Waals surface area contributed by atoms with Crippen LogP contribution in [0.15, 0.2) is 0 Å². The van der Waals surface area contributed by atoms with Crippen LogP contribution in [0.25, 0.3) is 0 Å². The summed E-state index contributed by atoms with van der Waals surface area (Å²) < 4.78 is 0. The highest BCUT2D eigenvalue weighted by Crippen LogP contribution is 2.30. The molecule has 2 saturated heterocycles. The molecule has 4 atom stereocenters. The second-order valence-corrected chi connectivity index (χ2v) is 5.00. The third-order valence-electron chi connectivity index (χ3n) is 3.80. The van der Waals surface area contributed by atoms with E-state index in [2.05, 4.69) is 10.6 Å². The summed E-state index contributed by atoms with van der Waals surface area (Å²) in [5.74, 6) is 0.242. The second kappa shape index (κ2) is 5.30. The first-order chi connectivity index (χ1) is 8.13. The molecule has 2 rings (SSSR count). The maximum atomic E-state index is 11.2. The van der Waals surface area contributed by atoms with Crippen molar-refractivity contribution >= 4 is 5.91 Å². The van der Waals surface area contributed by atoms with Crippen LogP contribution >= 0.6 is 0 Å². The SMILES string of the molecule is CC(=O)N[C@@H]1C[C@H](CO)N(O)C1[C@H]1CCNC1. The third-order valence-corrected chi connectivity index (χ3v) is 3.80. The maximum absolute atomic E-state index is 11.2. The molecule has 98 valence electrons. The lowest BCUT2D eigenvalue weighted by Crippen LogP contribution is -2.48. The Labute approximate surface area is 101 Å². The number of nitrogens with one attached hydrogen (secondary N) is 2. The van der Waals surface area contributed by atoms with Crippen molar-refractivity contribution < 1.29 is 15.1 Å². The van der Waals surface area contributed by atoms with Gasteiger partial charge in [-0.05, 0) is 31.8 Å². The third kappa shape index (κ3) is 2.60. The molecule has 17 heavy (non-hydrogen) atoms. The van der Waals surface area contributed by atoms with E-state index in [4.69, 9.17) is 0 Å². The highest BCUT2D eigenvalue weighted by molar-refractivity contribution is 5.73. The molecule has 0 aliphatic carbocycles. The number of rotatable bonds is 3. The Morgan fingerprint density at radius 3 is 2.88 bits per heavy atom. The van der Waals surface area contributed by atoms with Gasteiger partial charge in [-0.15, -0.1) is 0 Å². The van der Waals surface area contributed by atoms with Gasteiger partial charge in [-0.2, -0.15) is 5.06 Å². The summed E-state index contributed by atoms with van der Waals surface area (Å²) in [5.41, 5.74) is 0. The number of hydrogen-bond acceptors (Lipinski definition) is 5. The average molecular weight is 243 g/mol. The van der Waals surface area contributed by atoms with Crippen molar-refractivity contribution in [3.63, 3.8) is 0 Å². The lowest BCUT2D eigenvalue weighted by molar-refractivity contribution is -0.155. The molecule has 0 saturated carbocycles. The minimum absolute atomic E-state index is 0.0699. The lowest BCUT2D eigenvalue weighted by Gasteiger charge is -2.30. The summed E-state index contributed by atoms with van der Waals surface area (Å²) in [7, 11) is 0. The zero-order valence-electron chi connectivity index (χ0n) is 10.1. The van der Waals surface area contributed by atoms with Crippen molar-refractivity contribution in [3.05, 3.63) is 0 Å². The molecule has 6 nitrogen and oxygen atoms in total. The van der Waals surface area contributed by atoms with E-state index < -0.39 is 0 Å². The maximum Gasteiger partial charge on any atom is 0.217 e. The first-order valence-corrected chi connectivity index (χ1v) is 6.19. The van der Waals surface area contributed by atoms with Crippen molar-refractivity contribution in [1.82, 2.24) is 15.7 Å². The standard InChI is InChI=1S/C11H21N3O3/c1-7(16)13-10-4-9(6-15)14(17)11(10)8-2-3-12-5-8/h8-12,15,17H,2-6H2,1H3,(H,13,16)/t8-,9+,10+,11?/m0/s1. The number of nitrogens with zero attached hydrogens (tertiary/aromatic N) is 1. The zero-order valence-corrected chi connectivity index (χ0v) is 10.1. The van der Waals surface area contributed by atoms with Crippen LogP contribution in [0.4, 0.5) is 0 Å². The topological polar surface area (TPSA) is 84.8 Å². The first-order valence-electron chi connectivity index (χ1n) is 6.19. The van der Waals surface area contributed by atoms with Crippen LogP contribution < -0.4 is 10.6 Å². The summed E-state index contributed by atoms with van der Waals surface area (Å²) >= 11 is 0. The highest BCUT2D eigenvalue weighted by Gasteiger charge is 2.45. The lowest BCUT2D eigenvalue weighted by atomic mass is 9.93. The van der Waals surface area contributed by atoms with E-state index in [-0.39, 0.29) is 30.6 Å². The Bertz CT molecular complexity index is 281. The van der Waals surface area contributed by atoms with E-state index in [0.717, 1.165) is 19.5 Å². The van der Waals surface area contributed by atoms with E-state index in [1.165, 1.54) is 12.0 Å². The zero-order chi connectivity index (χ0) is 12.4. The summed E-state index contributed by atoms with van der Waals surface area (Å²) in [5, 5.41) is 26.7. The summed E-state index contributed by atoms with van der Waals surface area (Å²) in [6.07, 6.45) is 1.60. The molecule has 2 heterocycles. The molecule has 0 aromatic heterocycles. The van der Waals surface area contributed by atoms with E-state index in [0.29, 0.717) is 12.3 Å². The molecule has 2 aliphatic heterocycles. The molecule has 0 aromatic rings. The Morgan fingerprint density at radius 1 is 1.59 bits per heavy atom. The van der Waals surface area contributed by atoms with Gasteiger partial charge in [0.05, 0.1) is 18.7 Å². The van der Waals surface area contributed by atoms with Crippen LogP contribution in [-0.4, -0.2) is 59.1 Å². The van der Waals surface area contributed by atoms with Crippen LogP contribution in [0.2, 0.25) is 0 Å². The minimum Gasteiger partial charge on any atom is -0.395 e. The van der Waals surface area contributed by atoms with E-state index in [9.17, 15) is 15.1 Å². The second-order valence-electron chi connectivity index (χ2n) is 5.00. The molecule has 0 bridgehead atoms. The fraction of sp³-hybridized carbons (Fsp3) is 0.909. The van der Waals surface area contributed by atoms with E-state index in [1.54, 1.807) is 0 Å².